The third-order valence-corrected chi connectivity index (χ3v) is 3.94. The smallest absolute Gasteiger partial charge is 0.422 e. The maximum atomic E-state index is 11.7. The second kappa shape index (κ2) is 7.42. The molecule has 0 radical (unpaired) electrons. The van der Waals surface area contributed by atoms with Crippen LogP contribution in [0, 0.1) is 0 Å². The maximum Gasteiger partial charge on any atom is 0.422 e. The first-order valence-corrected chi connectivity index (χ1v) is 8.00. The molecular formula is C15H29N3O3. The second-order valence-electron chi connectivity index (χ2n) is 6.95. The van der Waals surface area contributed by atoms with Crippen LogP contribution in [0.1, 0.15) is 46.5 Å². The Hall–Kier alpha value is -0.850. The highest BCUT2D eigenvalue weighted by Crippen LogP contribution is 2.19. The highest BCUT2D eigenvalue weighted by Gasteiger charge is 2.27. The van der Waals surface area contributed by atoms with Gasteiger partial charge in [-0.15, -0.1) is 0 Å². The number of rotatable bonds is 3. The maximum absolute atomic E-state index is 11.7. The summed E-state index contributed by atoms with van der Waals surface area (Å²) in [6.45, 7) is 9.45. The molecule has 0 saturated carbocycles. The van der Waals surface area contributed by atoms with Crippen molar-refractivity contribution in [2.75, 3.05) is 26.3 Å². The van der Waals surface area contributed by atoms with Crippen molar-refractivity contribution in [2.45, 2.75) is 64.1 Å². The molecule has 2 aliphatic rings. The molecule has 2 aliphatic heterocycles. The molecule has 2 heterocycles. The van der Waals surface area contributed by atoms with E-state index < -0.39 is 11.7 Å². The number of hydrogen-bond donors (Lipinski definition) is 2. The molecule has 2 saturated heterocycles. The predicted octanol–water partition coefficient (Wildman–Crippen LogP) is 1.66. The molecule has 1 atom stereocenters. The van der Waals surface area contributed by atoms with Crippen LogP contribution < -0.4 is 10.9 Å². The lowest BCUT2D eigenvalue weighted by atomic mass is 10.0. The second-order valence-corrected chi connectivity index (χ2v) is 6.95. The van der Waals surface area contributed by atoms with Crippen molar-refractivity contribution in [3.8, 4) is 0 Å². The first-order chi connectivity index (χ1) is 9.94. The molecule has 6 nitrogen and oxygen atoms in total. The molecule has 6 heteroatoms. The lowest BCUT2D eigenvalue weighted by molar-refractivity contribution is 0.0191. The number of hydrogen-bond acceptors (Lipinski definition) is 5. The van der Waals surface area contributed by atoms with E-state index >= 15 is 0 Å². The van der Waals surface area contributed by atoms with Crippen LogP contribution in [-0.4, -0.2) is 55.0 Å². The summed E-state index contributed by atoms with van der Waals surface area (Å²) in [6.07, 6.45) is 4.06. The molecular weight excluding hydrogens is 270 g/mol. The van der Waals surface area contributed by atoms with E-state index in [4.69, 9.17) is 9.47 Å². The molecule has 1 amide bonds. The number of piperidine rings is 1. The first-order valence-electron chi connectivity index (χ1n) is 8.00. The molecule has 0 spiro atoms. The van der Waals surface area contributed by atoms with Crippen molar-refractivity contribution >= 4 is 6.09 Å². The summed E-state index contributed by atoms with van der Waals surface area (Å²) in [5.41, 5.74) is 5.32. The van der Waals surface area contributed by atoms with Crippen LogP contribution in [0.3, 0.4) is 0 Å². The number of amides is 1. The molecule has 0 aromatic rings. The predicted molar refractivity (Wildman–Crippen MR) is 80.9 cm³/mol. The Balaban J connectivity index is 1.72. The van der Waals surface area contributed by atoms with Gasteiger partial charge in [-0.3, -0.25) is 10.3 Å². The lowest BCUT2D eigenvalue weighted by Crippen LogP contribution is -2.55. The molecule has 2 N–H and O–H groups in total. The number of ether oxygens (including phenoxy) is 2. The van der Waals surface area contributed by atoms with E-state index in [9.17, 15) is 4.79 Å². The average Bonchev–Trinajstić information content (AvgIpc) is 2.45. The fraction of sp³-hybridized carbons (Fsp3) is 0.933. The zero-order valence-corrected chi connectivity index (χ0v) is 13.5. The van der Waals surface area contributed by atoms with Crippen molar-refractivity contribution in [1.29, 1.82) is 0 Å². The van der Waals surface area contributed by atoms with Gasteiger partial charge in [-0.1, -0.05) is 0 Å². The topological polar surface area (TPSA) is 62.8 Å². The number of likely N-dealkylation sites (tertiary alicyclic amines) is 1. The zero-order chi connectivity index (χ0) is 15.3. The van der Waals surface area contributed by atoms with Gasteiger partial charge in [0.25, 0.3) is 0 Å². The number of nitrogens with zero attached hydrogens (tertiary/aromatic N) is 1. The van der Waals surface area contributed by atoms with E-state index in [0.29, 0.717) is 6.04 Å². The number of carbonyl (C=O) groups excluding carboxylic acids is 1. The summed E-state index contributed by atoms with van der Waals surface area (Å²) in [4.78, 5) is 14.2. The Kier molecular flexibility index (Phi) is 5.84. The van der Waals surface area contributed by atoms with Crippen LogP contribution in [0.4, 0.5) is 4.79 Å². The van der Waals surface area contributed by atoms with E-state index in [0.717, 1.165) is 52.0 Å². The van der Waals surface area contributed by atoms with Crippen LogP contribution in [0.5, 0.6) is 0 Å². The summed E-state index contributed by atoms with van der Waals surface area (Å²) < 4.78 is 10.7. The largest absolute Gasteiger partial charge is 0.443 e. The molecule has 0 aromatic carbocycles. The first kappa shape index (κ1) is 16.5. The zero-order valence-electron chi connectivity index (χ0n) is 13.5. The fourth-order valence-electron chi connectivity index (χ4n) is 2.97. The van der Waals surface area contributed by atoms with Crippen molar-refractivity contribution < 1.29 is 14.3 Å². The minimum Gasteiger partial charge on any atom is -0.443 e. The normalized spacial score (nSPS) is 25.6. The average molecular weight is 299 g/mol. The molecule has 0 unspecified atom stereocenters. The van der Waals surface area contributed by atoms with Gasteiger partial charge >= 0.3 is 6.09 Å². The SMILES string of the molecule is CC(C)(C)OC(=O)NN[C@H]1CCCN(C2CCOCC2)C1. The molecule has 21 heavy (non-hydrogen) atoms. The van der Waals surface area contributed by atoms with Gasteiger partial charge in [0.2, 0.25) is 0 Å². The van der Waals surface area contributed by atoms with E-state index in [1.54, 1.807) is 0 Å². The van der Waals surface area contributed by atoms with Gasteiger partial charge in [0.15, 0.2) is 0 Å². The Morgan fingerprint density at radius 2 is 1.95 bits per heavy atom. The number of carbonyl (C=O) groups is 1. The summed E-state index contributed by atoms with van der Waals surface area (Å²) in [6, 6.07) is 0.916. The van der Waals surface area contributed by atoms with Crippen LogP contribution in [0.2, 0.25) is 0 Å². The van der Waals surface area contributed by atoms with Gasteiger partial charge in [0.05, 0.1) is 0 Å². The number of nitrogens with one attached hydrogen (secondary N) is 2. The van der Waals surface area contributed by atoms with Crippen molar-refractivity contribution in [1.82, 2.24) is 15.8 Å². The summed E-state index contributed by atoms with van der Waals surface area (Å²) in [5.74, 6) is 0. The van der Waals surface area contributed by atoms with E-state index in [2.05, 4.69) is 15.8 Å². The number of hydrazine groups is 1. The fourth-order valence-corrected chi connectivity index (χ4v) is 2.97. The van der Waals surface area contributed by atoms with Gasteiger partial charge < -0.3 is 9.47 Å². The van der Waals surface area contributed by atoms with E-state index in [-0.39, 0.29) is 6.04 Å². The van der Waals surface area contributed by atoms with Gasteiger partial charge in [0, 0.05) is 31.8 Å². The highest BCUT2D eigenvalue weighted by molar-refractivity contribution is 5.67. The minimum atomic E-state index is -0.466. The molecule has 0 aromatic heterocycles. The molecule has 0 bridgehead atoms. The Bertz CT molecular complexity index is 338. The third kappa shape index (κ3) is 5.80. The molecule has 2 rings (SSSR count). The van der Waals surface area contributed by atoms with E-state index in [1.807, 2.05) is 20.8 Å². The summed E-state index contributed by atoms with van der Waals surface area (Å²) in [5, 5.41) is 0. The van der Waals surface area contributed by atoms with Crippen molar-refractivity contribution in [3.05, 3.63) is 0 Å². The molecule has 2 fully saturated rings. The van der Waals surface area contributed by atoms with Crippen molar-refractivity contribution in [2.24, 2.45) is 0 Å². The Morgan fingerprint density at radius 1 is 1.24 bits per heavy atom. The quantitative estimate of drug-likeness (QED) is 0.776. The Labute approximate surface area is 127 Å². The minimum absolute atomic E-state index is 0.286. The van der Waals surface area contributed by atoms with Gasteiger partial charge in [-0.25, -0.2) is 10.2 Å². The molecule has 122 valence electrons. The van der Waals surface area contributed by atoms with Gasteiger partial charge in [-0.05, 0) is 53.0 Å². The highest BCUT2D eigenvalue weighted by atomic mass is 16.6. The van der Waals surface area contributed by atoms with Crippen LogP contribution in [0.15, 0.2) is 0 Å². The summed E-state index contributed by atoms with van der Waals surface area (Å²) >= 11 is 0. The van der Waals surface area contributed by atoms with Gasteiger partial charge in [0.1, 0.15) is 5.60 Å². The molecule has 0 aliphatic carbocycles. The van der Waals surface area contributed by atoms with Gasteiger partial charge in [-0.2, -0.15) is 0 Å². The third-order valence-electron chi connectivity index (χ3n) is 3.94. The van der Waals surface area contributed by atoms with Crippen LogP contribution >= 0.6 is 0 Å². The van der Waals surface area contributed by atoms with Crippen molar-refractivity contribution in [3.63, 3.8) is 0 Å². The van der Waals surface area contributed by atoms with E-state index in [1.165, 1.54) is 0 Å². The monoisotopic (exact) mass is 299 g/mol. The van der Waals surface area contributed by atoms with Crippen LogP contribution in [0.25, 0.3) is 0 Å². The lowest BCUT2D eigenvalue weighted by Gasteiger charge is -2.40. The Morgan fingerprint density at radius 3 is 2.62 bits per heavy atom. The standard InChI is InChI=1S/C15H29N3O3/c1-15(2,3)21-14(19)17-16-12-5-4-8-18(11-12)13-6-9-20-10-7-13/h12-13,16H,4-11H2,1-3H3,(H,17,19)/t12-/m0/s1. The van der Waals surface area contributed by atoms with Crippen LogP contribution in [-0.2, 0) is 9.47 Å². The summed E-state index contributed by atoms with van der Waals surface area (Å²) in [7, 11) is 0.